The summed E-state index contributed by atoms with van der Waals surface area (Å²) in [5, 5.41) is 14.4. The fourth-order valence-electron chi connectivity index (χ4n) is 2.28. The summed E-state index contributed by atoms with van der Waals surface area (Å²) in [6, 6.07) is 10.5. The van der Waals surface area contributed by atoms with Crippen LogP contribution in [0.25, 0.3) is 0 Å². The number of halogens is 2. The molecule has 2 N–H and O–H groups in total. The van der Waals surface area contributed by atoms with Crippen molar-refractivity contribution in [2.24, 2.45) is 5.10 Å². The van der Waals surface area contributed by atoms with Crippen LogP contribution in [-0.2, 0) is 10.2 Å². The van der Waals surface area contributed by atoms with Crippen LogP contribution >= 0.6 is 23.2 Å². The number of nitrogens with one attached hydrogen (secondary N) is 1. The maximum Gasteiger partial charge on any atom is 0.277 e. The SMILES string of the molecule is CC(=NNC(=O)COc1ccc(C(C)(C)C)cc1)c1cc(Cl)cc(Cl)c1O. The highest BCUT2D eigenvalue weighted by Crippen LogP contribution is 2.31. The number of amides is 1. The molecule has 0 aliphatic carbocycles. The molecule has 1 amide bonds. The zero-order valence-corrected chi connectivity index (χ0v) is 17.1. The van der Waals surface area contributed by atoms with E-state index >= 15 is 0 Å². The van der Waals surface area contributed by atoms with Crippen molar-refractivity contribution < 1.29 is 14.6 Å². The number of rotatable bonds is 5. The van der Waals surface area contributed by atoms with Gasteiger partial charge in [0.2, 0.25) is 0 Å². The van der Waals surface area contributed by atoms with Crippen LogP contribution in [0.2, 0.25) is 10.0 Å². The van der Waals surface area contributed by atoms with E-state index in [0.717, 1.165) is 0 Å². The van der Waals surface area contributed by atoms with E-state index in [2.05, 4.69) is 31.3 Å². The molecule has 2 aromatic carbocycles. The molecule has 7 heteroatoms. The van der Waals surface area contributed by atoms with E-state index in [1.807, 2.05) is 24.3 Å². The average Bonchev–Trinajstić information content (AvgIpc) is 2.60. The highest BCUT2D eigenvalue weighted by molar-refractivity contribution is 6.36. The summed E-state index contributed by atoms with van der Waals surface area (Å²) in [7, 11) is 0. The summed E-state index contributed by atoms with van der Waals surface area (Å²) < 4.78 is 5.46. The number of phenols is 1. The zero-order valence-electron chi connectivity index (χ0n) is 15.6. The predicted octanol–water partition coefficient (Wildman–Crippen LogP) is 4.92. The molecule has 0 aliphatic rings. The minimum atomic E-state index is -0.429. The van der Waals surface area contributed by atoms with E-state index in [-0.39, 0.29) is 22.8 Å². The number of ether oxygens (including phenoxy) is 1. The van der Waals surface area contributed by atoms with E-state index in [1.54, 1.807) is 6.92 Å². The smallest absolute Gasteiger partial charge is 0.277 e. The number of aromatic hydroxyl groups is 1. The van der Waals surface area contributed by atoms with Gasteiger partial charge in [0.05, 0.1) is 10.7 Å². The molecule has 0 unspecified atom stereocenters. The number of benzene rings is 2. The lowest BCUT2D eigenvalue weighted by Crippen LogP contribution is -2.25. The Balaban J connectivity index is 1.95. The summed E-state index contributed by atoms with van der Waals surface area (Å²) in [5.41, 5.74) is 4.31. The molecule has 5 nitrogen and oxygen atoms in total. The average molecular weight is 409 g/mol. The standard InChI is InChI=1S/C20H22Cl2N2O3/c1-12(16-9-14(21)10-17(22)19(16)26)23-24-18(25)11-27-15-7-5-13(6-8-15)20(2,3)4/h5-10,26H,11H2,1-4H3,(H,24,25). The molecule has 2 rings (SSSR count). The molecular weight excluding hydrogens is 387 g/mol. The van der Waals surface area contributed by atoms with Gasteiger partial charge in [0.1, 0.15) is 11.5 Å². The van der Waals surface area contributed by atoms with Gasteiger partial charge in [-0.2, -0.15) is 5.10 Å². The summed E-state index contributed by atoms with van der Waals surface area (Å²) in [6.45, 7) is 7.81. The second kappa shape index (κ2) is 8.63. The van der Waals surface area contributed by atoms with Crippen molar-refractivity contribution >= 4 is 34.8 Å². The van der Waals surface area contributed by atoms with Crippen LogP contribution in [0.1, 0.15) is 38.8 Å². The molecule has 2 aromatic rings. The van der Waals surface area contributed by atoms with E-state index in [9.17, 15) is 9.90 Å². The highest BCUT2D eigenvalue weighted by Gasteiger charge is 2.14. The molecule has 0 aromatic heterocycles. The Morgan fingerprint density at radius 2 is 1.81 bits per heavy atom. The minimum Gasteiger partial charge on any atom is -0.506 e. The molecule has 144 valence electrons. The predicted molar refractivity (Wildman–Crippen MR) is 109 cm³/mol. The Morgan fingerprint density at radius 3 is 2.41 bits per heavy atom. The number of hydrazone groups is 1. The molecule has 0 saturated carbocycles. The van der Waals surface area contributed by atoms with Gasteiger partial charge < -0.3 is 9.84 Å². The molecule has 0 fully saturated rings. The summed E-state index contributed by atoms with van der Waals surface area (Å²) in [6.07, 6.45) is 0. The first kappa shape index (κ1) is 21.1. The van der Waals surface area contributed by atoms with Crippen LogP contribution < -0.4 is 10.2 Å². The molecule has 0 spiro atoms. The fraction of sp³-hybridized carbons (Fsp3) is 0.300. The molecule has 27 heavy (non-hydrogen) atoms. The topological polar surface area (TPSA) is 70.9 Å². The van der Waals surface area contributed by atoms with Crippen LogP contribution in [0.5, 0.6) is 11.5 Å². The normalized spacial score (nSPS) is 12.0. The van der Waals surface area contributed by atoms with Crippen molar-refractivity contribution in [3.8, 4) is 11.5 Å². The Morgan fingerprint density at radius 1 is 1.19 bits per heavy atom. The number of phenolic OH excluding ortho intramolecular Hbond substituents is 1. The Hall–Kier alpha value is -2.24. The lowest BCUT2D eigenvalue weighted by atomic mass is 9.87. The van der Waals surface area contributed by atoms with Crippen LogP contribution in [0.4, 0.5) is 0 Å². The van der Waals surface area contributed by atoms with Crippen molar-refractivity contribution in [1.29, 1.82) is 0 Å². The van der Waals surface area contributed by atoms with Crippen molar-refractivity contribution in [3.05, 3.63) is 57.6 Å². The highest BCUT2D eigenvalue weighted by atomic mass is 35.5. The number of hydrogen-bond donors (Lipinski definition) is 2. The molecule has 0 heterocycles. The number of hydrogen-bond acceptors (Lipinski definition) is 4. The third-order valence-electron chi connectivity index (χ3n) is 3.86. The van der Waals surface area contributed by atoms with Gasteiger partial charge >= 0.3 is 0 Å². The van der Waals surface area contributed by atoms with Gasteiger partial charge in [-0.3, -0.25) is 4.79 Å². The Bertz CT molecular complexity index is 857. The second-order valence-corrected chi connectivity index (χ2v) is 7.92. The number of carbonyl (C=O) groups is 1. The Labute approximate surface area is 168 Å². The third-order valence-corrected chi connectivity index (χ3v) is 4.36. The van der Waals surface area contributed by atoms with Crippen molar-refractivity contribution in [2.45, 2.75) is 33.1 Å². The largest absolute Gasteiger partial charge is 0.506 e. The summed E-state index contributed by atoms with van der Waals surface area (Å²) >= 11 is 11.8. The molecule has 0 bridgehead atoms. The van der Waals surface area contributed by atoms with Gasteiger partial charge in [-0.25, -0.2) is 5.43 Å². The molecule has 0 aliphatic heterocycles. The first-order valence-corrected chi connectivity index (χ1v) is 9.08. The van der Waals surface area contributed by atoms with Crippen LogP contribution in [-0.4, -0.2) is 23.3 Å². The maximum atomic E-state index is 11.9. The Kier molecular flexibility index (Phi) is 6.73. The first-order chi connectivity index (χ1) is 12.6. The van der Waals surface area contributed by atoms with Crippen molar-refractivity contribution in [3.63, 3.8) is 0 Å². The fourth-order valence-corrected chi connectivity index (χ4v) is 2.77. The third kappa shape index (κ3) is 5.88. The molecule has 0 radical (unpaired) electrons. The van der Waals surface area contributed by atoms with Gasteiger partial charge in [0.15, 0.2) is 6.61 Å². The van der Waals surface area contributed by atoms with Crippen LogP contribution in [0, 0.1) is 0 Å². The van der Waals surface area contributed by atoms with E-state index in [4.69, 9.17) is 27.9 Å². The lowest BCUT2D eigenvalue weighted by molar-refractivity contribution is -0.123. The minimum absolute atomic E-state index is 0.0525. The zero-order chi connectivity index (χ0) is 20.2. The molecular formula is C20H22Cl2N2O3. The second-order valence-electron chi connectivity index (χ2n) is 7.08. The lowest BCUT2D eigenvalue weighted by Gasteiger charge is -2.19. The summed E-state index contributed by atoms with van der Waals surface area (Å²) in [4.78, 5) is 11.9. The van der Waals surface area contributed by atoms with Crippen molar-refractivity contribution in [1.82, 2.24) is 5.43 Å². The maximum absolute atomic E-state index is 11.9. The van der Waals surface area contributed by atoms with E-state index < -0.39 is 5.91 Å². The van der Waals surface area contributed by atoms with Gasteiger partial charge in [-0.05, 0) is 42.2 Å². The molecule has 0 saturated heterocycles. The molecule has 0 atom stereocenters. The van der Waals surface area contributed by atoms with Crippen LogP contribution in [0.15, 0.2) is 41.5 Å². The van der Waals surface area contributed by atoms with Gasteiger partial charge in [-0.15, -0.1) is 0 Å². The number of carbonyl (C=O) groups excluding carboxylic acids is 1. The summed E-state index contributed by atoms with van der Waals surface area (Å²) in [5.74, 6) is 0.0201. The quantitative estimate of drug-likeness (QED) is 0.544. The monoisotopic (exact) mass is 408 g/mol. The van der Waals surface area contributed by atoms with E-state index in [1.165, 1.54) is 17.7 Å². The van der Waals surface area contributed by atoms with Gasteiger partial charge in [0, 0.05) is 10.6 Å². The van der Waals surface area contributed by atoms with Crippen LogP contribution in [0.3, 0.4) is 0 Å². The van der Waals surface area contributed by atoms with Gasteiger partial charge in [-0.1, -0.05) is 56.1 Å². The van der Waals surface area contributed by atoms with Crippen molar-refractivity contribution in [2.75, 3.05) is 6.61 Å². The van der Waals surface area contributed by atoms with E-state index in [0.29, 0.717) is 22.0 Å². The number of nitrogens with zero attached hydrogens (tertiary/aromatic N) is 1. The first-order valence-electron chi connectivity index (χ1n) is 8.33. The van der Waals surface area contributed by atoms with Gasteiger partial charge in [0.25, 0.3) is 5.91 Å².